The molecule has 0 unspecified atom stereocenters. The predicted octanol–water partition coefficient (Wildman–Crippen LogP) is 4.81. The number of nitrogens with one attached hydrogen (secondary N) is 1. The summed E-state index contributed by atoms with van der Waals surface area (Å²) in [6.07, 6.45) is 2.00. The molecule has 3 aromatic carbocycles. The van der Waals surface area contributed by atoms with E-state index >= 15 is 0 Å². The van der Waals surface area contributed by atoms with Crippen LogP contribution < -0.4 is 5.32 Å². The molecule has 3 heteroatoms. The highest BCUT2D eigenvalue weighted by Crippen LogP contribution is 2.24. The normalized spacial score (nSPS) is 10.5. The molecule has 0 fully saturated rings. The number of carbonyl (C=O) groups excluding carboxylic acids is 1. The lowest BCUT2D eigenvalue weighted by molar-refractivity contribution is 0.102. The van der Waals surface area contributed by atoms with Gasteiger partial charge in [0.25, 0.3) is 5.91 Å². The summed E-state index contributed by atoms with van der Waals surface area (Å²) >= 11 is 1.63. The number of anilines is 1. The maximum Gasteiger partial charge on any atom is 0.255 e. The first kappa shape index (κ1) is 13.7. The van der Waals surface area contributed by atoms with Crippen molar-refractivity contribution < 1.29 is 4.79 Å². The van der Waals surface area contributed by atoms with Crippen molar-refractivity contribution in [1.82, 2.24) is 0 Å². The molecular weight excluding hydrogens is 278 g/mol. The smallest absolute Gasteiger partial charge is 0.255 e. The number of carbonyl (C=O) groups is 1. The van der Waals surface area contributed by atoms with Crippen LogP contribution in [0, 0.1) is 0 Å². The molecule has 0 atom stereocenters. The number of amides is 1. The lowest BCUT2D eigenvalue weighted by atomic mass is 10.1. The van der Waals surface area contributed by atoms with Crippen molar-refractivity contribution in [3.05, 3.63) is 72.3 Å². The van der Waals surface area contributed by atoms with Crippen LogP contribution >= 0.6 is 11.8 Å². The number of rotatable bonds is 3. The zero-order chi connectivity index (χ0) is 14.7. The van der Waals surface area contributed by atoms with Gasteiger partial charge in [0.05, 0.1) is 0 Å². The second kappa shape index (κ2) is 6.02. The van der Waals surface area contributed by atoms with Crippen molar-refractivity contribution in [2.45, 2.75) is 4.90 Å². The van der Waals surface area contributed by atoms with Crippen molar-refractivity contribution in [1.29, 1.82) is 0 Å². The van der Waals surface area contributed by atoms with Gasteiger partial charge >= 0.3 is 0 Å². The number of thioether (sulfide) groups is 1. The summed E-state index contributed by atoms with van der Waals surface area (Å²) < 4.78 is 0. The van der Waals surface area contributed by atoms with Gasteiger partial charge in [0.1, 0.15) is 0 Å². The van der Waals surface area contributed by atoms with E-state index < -0.39 is 0 Å². The van der Waals surface area contributed by atoms with Crippen molar-refractivity contribution in [3.63, 3.8) is 0 Å². The maximum absolute atomic E-state index is 12.4. The van der Waals surface area contributed by atoms with Gasteiger partial charge in [0, 0.05) is 21.5 Å². The highest BCUT2D eigenvalue weighted by molar-refractivity contribution is 7.98. The van der Waals surface area contributed by atoms with Crippen molar-refractivity contribution in [3.8, 4) is 0 Å². The third kappa shape index (κ3) is 2.93. The molecule has 0 aliphatic rings. The van der Waals surface area contributed by atoms with Crippen LogP contribution in [0.1, 0.15) is 10.4 Å². The highest BCUT2D eigenvalue weighted by atomic mass is 32.2. The van der Waals surface area contributed by atoms with E-state index in [1.54, 1.807) is 11.8 Å². The fraction of sp³-hybridized carbons (Fsp3) is 0.0556. The highest BCUT2D eigenvalue weighted by Gasteiger charge is 2.08. The number of fused-ring (bicyclic) bond motifs is 1. The van der Waals surface area contributed by atoms with E-state index in [1.165, 1.54) is 0 Å². The largest absolute Gasteiger partial charge is 0.321 e. The van der Waals surface area contributed by atoms with Gasteiger partial charge in [0.15, 0.2) is 0 Å². The molecule has 0 heterocycles. The molecule has 2 nitrogen and oxygen atoms in total. The fourth-order valence-corrected chi connectivity index (χ4v) is 2.75. The quantitative estimate of drug-likeness (QED) is 0.702. The molecule has 0 bridgehead atoms. The molecule has 0 saturated heterocycles. The molecule has 0 radical (unpaired) electrons. The maximum atomic E-state index is 12.4. The van der Waals surface area contributed by atoms with Crippen LogP contribution in [0.4, 0.5) is 5.69 Å². The Bertz CT molecular complexity index is 793. The second-order valence-corrected chi connectivity index (χ2v) is 5.59. The molecule has 0 aromatic heterocycles. The summed E-state index contributed by atoms with van der Waals surface area (Å²) in [7, 11) is 0. The van der Waals surface area contributed by atoms with E-state index in [9.17, 15) is 4.79 Å². The summed E-state index contributed by atoms with van der Waals surface area (Å²) in [5.74, 6) is -0.0812. The van der Waals surface area contributed by atoms with E-state index in [0.717, 1.165) is 21.4 Å². The summed E-state index contributed by atoms with van der Waals surface area (Å²) in [5, 5.41) is 5.17. The second-order valence-electron chi connectivity index (χ2n) is 4.71. The first-order chi connectivity index (χ1) is 10.3. The summed E-state index contributed by atoms with van der Waals surface area (Å²) in [6, 6.07) is 21.6. The molecule has 104 valence electrons. The van der Waals surface area contributed by atoms with E-state index in [0.29, 0.717) is 5.56 Å². The van der Waals surface area contributed by atoms with Gasteiger partial charge in [-0.15, -0.1) is 11.8 Å². The zero-order valence-electron chi connectivity index (χ0n) is 11.7. The predicted molar refractivity (Wildman–Crippen MR) is 90.1 cm³/mol. The lowest BCUT2D eigenvalue weighted by Gasteiger charge is -2.09. The van der Waals surface area contributed by atoms with Crippen LogP contribution in [0.5, 0.6) is 0 Å². The first-order valence-corrected chi connectivity index (χ1v) is 7.93. The fourth-order valence-electron chi connectivity index (χ4n) is 2.29. The molecule has 3 rings (SSSR count). The standard InChI is InChI=1S/C18H15NOS/c1-21-15-9-4-8-14(12-15)18(20)19-17-11-5-7-13-6-2-3-10-16(13)17/h2-12H,1H3,(H,19,20). The van der Waals surface area contributed by atoms with Crippen molar-refractivity contribution in [2.24, 2.45) is 0 Å². The Labute approximate surface area is 128 Å². The molecule has 0 saturated carbocycles. The van der Waals surface area contributed by atoms with E-state index in [1.807, 2.05) is 73.0 Å². The van der Waals surface area contributed by atoms with Gasteiger partial charge in [-0.05, 0) is 35.9 Å². The van der Waals surface area contributed by atoms with Crippen molar-refractivity contribution >= 4 is 34.1 Å². The van der Waals surface area contributed by atoms with Crippen LogP contribution in [-0.4, -0.2) is 12.2 Å². The first-order valence-electron chi connectivity index (χ1n) is 6.71. The van der Waals surface area contributed by atoms with Gasteiger partial charge < -0.3 is 5.32 Å². The minimum Gasteiger partial charge on any atom is -0.321 e. The van der Waals surface area contributed by atoms with Gasteiger partial charge in [-0.3, -0.25) is 4.79 Å². The summed E-state index contributed by atoms with van der Waals surface area (Å²) in [6.45, 7) is 0. The molecule has 1 N–H and O–H groups in total. The van der Waals surface area contributed by atoms with E-state index in [4.69, 9.17) is 0 Å². The van der Waals surface area contributed by atoms with Gasteiger partial charge in [-0.1, -0.05) is 42.5 Å². The molecular formula is C18H15NOS. The van der Waals surface area contributed by atoms with Gasteiger partial charge in [-0.25, -0.2) is 0 Å². The Hall–Kier alpha value is -2.26. The number of hydrogen-bond donors (Lipinski definition) is 1. The van der Waals surface area contributed by atoms with Crippen LogP contribution in [0.25, 0.3) is 10.8 Å². The summed E-state index contributed by atoms with van der Waals surface area (Å²) in [4.78, 5) is 13.5. The third-order valence-electron chi connectivity index (χ3n) is 3.37. The number of benzene rings is 3. The van der Waals surface area contributed by atoms with Crippen molar-refractivity contribution in [2.75, 3.05) is 11.6 Å². The van der Waals surface area contributed by atoms with Crippen LogP contribution in [0.3, 0.4) is 0 Å². The van der Waals surface area contributed by atoms with E-state index in [2.05, 4.69) is 5.32 Å². The van der Waals surface area contributed by atoms with Crippen LogP contribution in [0.15, 0.2) is 71.6 Å². The molecule has 21 heavy (non-hydrogen) atoms. The zero-order valence-corrected chi connectivity index (χ0v) is 12.5. The SMILES string of the molecule is CSc1cccc(C(=O)Nc2cccc3ccccc23)c1. The van der Waals surface area contributed by atoms with Crippen LogP contribution in [0.2, 0.25) is 0 Å². The average molecular weight is 293 g/mol. The Balaban J connectivity index is 1.93. The minimum absolute atomic E-state index is 0.0812. The Morgan fingerprint density at radius 1 is 0.952 bits per heavy atom. The lowest BCUT2D eigenvalue weighted by Crippen LogP contribution is -2.12. The Kier molecular flexibility index (Phi) is 3.93. The summed E-state index contributed by atoms with van der Waals surface area (Å²) in [5.41, 5.74) is 1.52. The van der Waals surface area contributed by atoms with E-state index in [-0.39, 0.29) is 5.91 Å². The van der Waals surface area contributed by atoms with Gasteiger partial charge in [0.2, 0.25) is 0 Å². The van der Waals surface area contributed by atoms with Crippen LogP contribution in [-0.2, 0) is 0 Å². The Morgan fingerprint density at radius 2 is 1.71 bits per heavy atom. The van der Waals surface area contributed by atoms with Gasteiger partial charge in [-0.2, -0.15) is 0 Å². The minimum atomic E-state index is -0.0812. The molecule has 0 aliphatic carbocycles. The molecule has 3 aromatic rings. The topological polar surface area (TPSA) is 29.1 Å². The molecule has 0 aliphatic heterocycles. The average Bonchev–Trinajstić information content (AvgIpc) is 2.55. The monoisotopic (exact) mass is 293 g/mol. The molecule has 1 amide bonds. The number of hydrogen-bond acceptors (Lipinski definition) is 2. The Morgan fingerprint density at radius 3 is 2.57 bits per heavy atom. The molecule has 0 spiro atoms. The third-order valence-corrected chi connectivity index (χ3v) is 4.10.